The zero-order valence-corrected chi connectivity index (χ0v) is 10.1. The quantitative estimate of drug-likeness (QED) is 0.802. The molecule has 0 aliphatic carbocycles. The van der Waals surface area contributed by atoms with E-state index in [0.29, 0.717) is 11.4 Å². The molecule has 1 heterocycles. The van der Waals surface area contributed by atoms with Crippen LogP contribution in [0.25, 0.3) is 0 Å². The Morgan fingerprint density at radius 1 is 1.10 bits per heavy atom. The first kappa shape index (κ1) is 13.5. The lowest BCUT2D eigenvalue weighted by atomic mass is 10.3. The highest BCUT2D eigenvalue weighted by Crippen LogP contribution is 2.11. The number of nitrogens with one attached hydrogen (secondary N) is 2. The number of nitrogens with zero attached hydrogens (tertiary/aromatic N) is 1. The van der Waals surface area contributed by atoms with Gasteiger partial charge in [-0.15, -0.1) is 0 Å². The second kappa shape index (κ2) is 5.79. The summed E-state index contributed by atoms with van der Waals surface area (Å²) >= 11 is 0. The number of hydrogen-bond acceptors (Lipinski definition) is 3. The predicted octanol–water partition coefficient (Wildman–Crippen LogP) is 2.56. The lowest BCUT2D eigenvalue weighted by molar-refractivity contribution is 0.0690. The number of aromatic nitrogens is 1. The third kappa shape index (κ3) is 3.52. The molecule has 0 spiro atoms. The Morgan fingerprint density at radius 3 is 2.45 bits per heavy atom. The van der Waals surface area contributed by atoms with Crippen molar-refractivity contribution in [2.24, 2.45) is 0 Å². The molecule has 2 aromatic rings. The topological polar surface area (TPSA) is 91.3 Å². The first-order chi connectivity index (χ1) is 9.54. The first-order valence-electron chi connectivity index (χ1n) is 5.57. The number of carbonyl (C=O) groups is 2. The molecule has 3 N–H and O–H groups in total. The minimum absolute atomic E-state index is 0.124. The third-order valence-corrected chi connectivity index (χ3v) is 2.32. The second-order valence-corrected chi connectivity index (χ2v) is 3.83. The van der Waals surface area contributed by atoms with Gasteiger partial charge in [-0.1, -0.05) is 6.07 Å². The highest BCUT2D eigenvalue weighted by Gasteiger charge is 2.06. The van der Waals surface area contributed by atoms with E-state index in [0.717, 1.165) is 0 Å². The SMILES string of the molecule is O=C(Nc1ccc(C(=O)O)nc1)Nc1cccc(F)c1. The Labute approximate surface area is 113 Å². The van der Waals surface area contributed by atoms with Gasteiger partial charge in [0.15, 0.2) is 0 Å². The molecule has 0 radical (unpaired) electrons. The Hall–Kier alpha value is -2.96. The van der Waals surface area contributed by atoms with Crippen LogP contribution in [-0.2, 0) is 0 Å². The number of hydrogen-bond donors (Lipinski definition) is 3. The Bertz CT molecular complexity index is 644. The fraction of sp³-hybridized carbons (Fsp3) is 0. The van der Waals surface area contributed by atoms with E-state index in [2.05, 4.69) is 15.6 Å². The van der Waals surface area contributed by atoms with Crippen molar-refractivity contribution in [2.45, 2.75) is 0 Å². The number of rotatable bonds is 3. The average Bonchev–Trinajstić information content (AvgIpc) is 2.39. The van der Waals surface area contributed by atoms with Crippen LogP contribution in [0.3, 0.4) is 0 Å². The minimum atomic E-state index is -1.15. The highest BCUT2D eigenvalue weighted by molar-refractivity contribution is 5.99. The Morgan fingerprint density at radius 2 is 1.85 bits per heavy atom. The molecular formula is C13H10FN3O3. The molecule has 0 fully saturated rings. The summed E-state index contributed by atoms with van der Waals surface area (Å²) in [5.41, 5.74) is 0.502. The molecule has 0 saturated carbocycles. The van der Waals surface area contributed by atoms with E-state index in [4.69, 9.17) is 5.11 Å². The van der Waals surface area contributed by atoms with Crippen LogP contribution in [-0.4, -0.2) is 22.1 Å². The van der Waals surface area contributed by atoms with Crippen molar-refractivity contribution >= 4 is 23.4 Å². The number of aromatic carboxylic acids is 1. The fourth-order valence-electron chi connectivity index (χ4n) is 1.45. The van der Waals surface area contributed by atoms with Crippen LogP contribution in [0.15, 0.2) is 42.6 Å². The molecule has 0 atom stereocenters. The standard InChI is InChI=1S/C13H10FN3O3/c14-8-2-1-3-9(6-8)16-13(20)17-10-4-5-11(12(18)19)15-7-10/h1-7H,(H,18,19)(H2,16,17,20). The molecule has 2 amide bonds. The van der Waals surface area contributed by atoms with E-state index in [9.17, 15) is 14.0 Å². The first-order valence-corrected chi connectivity index (χ1v) is 5.57. The normalized spacial score (nSPS) is 9.85. The molecule has 20 heavy (non-hydrogen) atoms. The lowest BCUT2D eigenvalue weighted by Crippen LogP contribution is -2.19. The molecule has 6 nitrogen and oxygen atoms in total. The van der Waals surface area contributed by atoms with E-state index in [1.165, 1.54) is 42.6 Å². The van der Waals surface area contributed by atoms with Gasteiger partial charge in [0.05, 0.1) is 11.9 Å². The van der Waals surface area contributed by atoms with Crippen molar-refractivity contribution in [3.63, 3.8) is 0 Å². The molecule has 0 bridgehead atoms. The van der Waals surface area contributed by atoms with E-state index < -0.39 is 17.8 Å². The number of carboxylic acid groups (broad SMARTS) is 1. The third-order valence-electron chi connectivity index (χ3n) is 2.32. The van der Waals surface area contributed by atoms with Crippen LogP contribution >= 0.6 is 0 Å². The molecule has 1 aromatic carbocycles. The number of benzene rings is 1. The minimum Gasteiger partial charge on any atom is -0.477 e. The second-order valence-electron chi connectivity index (χ2n) is 3.83. The van der Waals surface area contributed by atoms with E-state index >= 15 is 0 Å². The number of urea groups is 1. The molecule has 0 aliphatic heterocycles. The van der Waals surface area contributed by atoms with E-state index in [1.807, 2.05) is 0 Å². The molecule has 0 saturated heterocycles. The maximum absolute atomic E-state index is 12.9. The fourth-order valence-corrected chi connectivity index (χ4v) is 1.45. The Balaban J connectivity index is 1.99. The van der Waals surface area contributed by atoms with Crippen LogP contribution in [0, 0.1) is 5.82 Å². The van der Waals surface area contributed by atoms with Crippen LogP contribution in [0.1, 0.15) is 10.5 Å². The van der Waals surface area contributed by atoms with Gasteiger partial charge in [0.1, 0.15) is 11.5 Å². The van der Waals surface area contributed by atoms with Gasteiger partial charge in [0.2, 0.25) is 0 Å². The zero-order chi connectivity index (χ0) is 14.5. The number of pyridine rings is 1. The Kier molecular flexibility index (Phi) is 3.90. The van der Waals surface area contributed by atoms with Crippen LogP contribution in [0.4, 0.5) is 20.6 Å². The summed E-state index contributed by atoms with van der Waals surface area (Å²) in [6.45, 7) is 0. The van der Waals surface area contributed by atoms with Crippen LogP contribution in [0.2, 0.25) is 0 Å². The van der Waals surface area contributed by atoms with Crippen molar-refractivity contribution in [1.82, 2.24) is 4.98 Å². The molecule has 2 rings (SSSR count). The molecule has 0 aliphatic rings. The molecule has 1 aromatic heterocycles. The average molecular weight is 275 g/mol. The van der Waals surface area contributed by atoms with Crippen molar-refractivity contribution in [2.75, 3.05) is 10.6 Å². The summed E-state index contributed by atoms with van der Waals surface area (Å²) in [7, 11) is 0. The van der Waals surface area contributed by atoms with Crippen LogP contribution in [0.5, 0.6) is 0 Å². The maximum Gasteiger partial charge on any atom is 0.354 e. The molecule has 0 unspecified atom stereocenters. The summed E-state index contributed by atoms with van der Waals surface area (Å²) in [4.78, 5) is 25.9. The highest BCUT2D eigenvalue weighted by atomic mass is 19.1. The van der Waals surface area contributed by atoms with Crippen molar-refractivity contribution in [3.05, 3.63) is 54.1 Å². The number of anilines is 2. The van der Waals surface area contributed by atoms with Gasteiger partial charge < -0.3 is 15.7 Å². The molecule has 102 valence electrons. The number of carboxylic acids is 1. The number of halogens is 1. The maximum atomic E-state index is 12.9. The van der Waals surface area contributed by atoms with Gasteiger partial charge in [-0.3, -0.25) is 0 Å². The van der Waals surface area contributed by atoms with Crippen molar-refractivity contribution < 1.29 is 19.1 Å². The van der Waals surface area contributed by atoms with Gasteiger partial charge in [-0.25, -0.2) is 19.0 Å². The van der Waals surface area contributed by atoms with Crippen molar-refractivity contribution in [3.8, 4) is 0 Å². The van der Waals surface area contributed by atoms with Gasteiger partial charge in [0.25, 0.3) is 0 Å². The summed E-state index contributed by atoms with van der Waals surface area (Å²) < 4.78 is 12.9. The molecular weight excluding hydrogens is 265 g/mol. The summed E-state index contributed by atoms with van der Waals surface area (Å²) in [5, 5.41) is 13.6. The van der Waals surface area contributed by atoms with Gasteiger partial charge in [-0.2, -0.15) is 0 Å². The summed E-state index contributed by atoms with van der Waals surface area (Å²) in [6, 6.07) is 7.52. The van der Waals surface area contributed by atoms with Gasteiger partial charge in [-0.05, 0) is 30.3 Å². The number of amides is 2. The largest absolute Gasteiger partial charge is 0.477 e. The van der Waals surface area contributed by atoms with E-state index in [1.54, 1.807) is 0 Å². The predicted molar refractivity (Wildman–Crippen MR) is 70.2 cm³/mol. The zero-order valence-electron chi connectivity index (χ0n) is 10.1. The number of carbonyl (C=O) groups excluding carboxylic acids is 1. The monoisotopic (exact) mass is 275 g/mol. The van der Waals surface area contributed by atoms with E-state index in [-0.39, 0.29) is 5.69 Å². The molecule has 7 heteroatoms. The summed E-state index contributed by atoms with van der Waals surface area (Å²) in [5.74, 6) is -1.61. The van der Waals surface area contributed by atoms with Crippen LogP contribution < -0.4 is 10.6 Å². The van der Waals surface area contributed by atoms with Gasteiger partial charge >= 0.3 is 12.0 Å². The lowest BCUT2D eigenvalue weighted by Gasteiger charge is -2.07. The van der Waals surface area contributed by atoms with Gasteiger partial charge in [0, 0.05) is 5.69 Å². The smallest absolute Gasteiger partial charge is 0.354 e. The van der Waals surface area contributed by atoms with Crippen molar-refractivity contribution in [1.29, 1.82) is 0 Å². The summed E-state index contributed by atoms with van der Waals surface area (Å²) in [6.07, 6.45) is 1.22.